The fourth-order valence-electron chi connectivity index (χ4n) is 1.75. The Bertz CT molecular complexity index is 452. The summed E-state index contributed by atoms with van der Waals surface area (Å²) in [5, 5.41) is 6.42. The molecule has 5 heteroatoms. The topological polar surface area (TPSA) is 54.8 Å². The number of anilines is 2. The maximum atomic E-state index is 4.17. The minimum absolute atomic E-state index is 0.887. The Morgan fingerprint density at radius 1 is 1.28 bits per heavy atom. The van der Waals surface area contributed by atoms with Gasteiger partial charge in [0.25, 0.3) is 0 Å². The molecule has 18 heavy (non-hydrogen) atoms. The van der Waals surface area contributed by atoms with Crippen LogP contribution in [0.3, 0.4) is 0 Å². The number of hydrogen-bond donors (Lipinski definition) is 2. The van der Waals surface area contributed by atoms with Gasteiger partial charge in [-0.2, -0.15) is 0 Å². The molecule has 0 fully saturated rings. The van der Waals surface area contributed by atoms with Crippen LogP contribution in [0.2, 0.25) is 0 Å². The number of pyridine rings is 1. The maximum Gasteiger partial charge on any atom is 0.127 e. The molecule has 0 amide bonds. The van der Waals surface area contributed by atoms with Gasteiger partial charge in [0.15, 0.2) is 0 Å². The van der Waals surface area contributed by atoms with Crippen molar-refractivity contribution in [3.8, 4) is 0 Å². The number of aryl methyl sites for hydroxylation is 1. The van der Waals surface area contributed by atoms with Gasteiger partial charge in [-0.15, -0.1) is 0 Å². The molecule has 0 saturated carbocycles. The highest BCUT2D eigenvalue weighted by Crippen LogP contribution is 2.11. The van der Waals surface area contributed by atoms with Crippen molar-refractivity contribution in [3.05, 3.63) is 37.1 Å². The smallest absolute Gasteiger partial charge is 0.127 e. The third-order valence-corrected chi connectivity index (χ3v) is 2.75. The van der Waals surface area contributed by atoms with Gasteiger partial charge in [-0.05, 0) is 18.9 Å². The fourth-order valence-corrected chi connectivity index (χ4v) is 1.75. The van der Waals surface area contributed by atoms with E-state index in [4.69, 9.17) is 0 Å². The lowest BCUT2D eigenvalue weighted by Crippen LogP contribution is -2.04. The van der Waals surface area contributed by atoms with Crippen LogP contribution in [0.1, 0.15) is 12.8 Å². The second kappa shape index (κ2) is 6.64. The number of hydrogen-bond acceptors (Lipinski definition) is 4. The Kier molecular flexibility index (Phi) is 4.58. The molecule has 0 bridgehead atoms. The number of imidazole rings is 1. The Labute approximate surface area is 107 Å². The predicted octanol–water partition coefficient (Wildman–Crippen LogP) is 2.21. The zero-order chi connectivity index (χ0) is 12.6. The Balaban J connectivity index is 1.65. The van der Waals surface area contributed by atoms with Gasteiger partial charge in [-0.25, -0.2) is 9.97 Å². The summed E-state index contributed by atoms with van der Waals surface area (Å²) >= 11 is 0. The molecule has 0 radical (unpaired) electrons. The summed E-state index contributed by atoms with van der Waals surface area (Å²) < 4.78 is 2.10. The van der Waals surface area contributed by atoms with Gasteiger partial charge in [0.1, 0.15) is 5.82 Å². The first-order chi connectivity index (χ1) is 8.88. The molecule has 0 unspecified atom stereocenters. The molecule has 2 aromatic heterocycles. The van der Waals surface area contributed by atoms with Gasteiger partial charge >= 0.3 is 0 Å². The van der Waals surface area contributed by atoms with Crippen LogP contribution in [0.4, 0.5) is 11.5 Å². The lowest BCUT2D eigenvalue weighted by Gasteiger charge is -2.07. The quantitative estimate of drug-likeness (QED) is 0.734. The van der Waals surface area contributed by atoms with Gasteiger partial charge < -0.3 is 15.2 Å². The Hall–Kier alpha value is -2.04. The Morgan fingerprint density at radius 3 is 3.00 bits per heavy atom. The maximum absolute atomic E-state index is 4.17. The summed E-state index contributed by atoms with van der Waals surface area (Å²) in [5.41, 5.74) is 1.11. The summed E-state index contributed by atoms with van der Waals surface area (Å²) in [6.07, 6.45) is 9.75. The molecule has 0 atom stereocenters. The largest absolute Gasteiger partial charge is 0.385 e. The van der Waals surface area contributed by atoms with E-state index >= 15 is 0 Å². The van der Waals surface area contributed by atoms with Crippen LogP contribution in [-0.4, -0.2) is 28.1 Å². The average Bonchev–Trinajstić information content (AvgIpc) is 2.92. The van der Waals surface area contributed by atoms with Gasteiger partial charge in [-0.3, -0.25) is 0 Å². The van der Waals surface area contributed by atoms with Gasteiger partial charge in [0.2, 0.25) is 0 Å². The summed E-state index contributed by atoms with van der Waals surface area (Å²) in [6, 6.07) is 3.99. The van der Waals surface area contributed by atoms with Crippen molar-refractivity contribution in [1.29, 1.82) is 0 Å². The number of rotatable bonds is 7. The predicted molar refractivity (Wildman–Crippen MR) is 73.7 cm³/mol. The highest BCUT2D eigenvalue weighted by molar-refractivity contribution is 5.51. The van der Waals surface area contributed by atoms with Crippen LogP contribution in [0.5, 0.6) is 0 Å². The average molecular weight is 245 g/mol. The first-order valence-electron chi connectivity index (χ1n) is 6.22. The molecule has 0 aliphatic carbocycles. The monoisotopic (exact) mass is 245 g/mol. The number of unbranched alkanes of at least 4 members (excludes halogenated alkanes) is 1. The first-order valence-corrected chi connectivity index (χ1v) is 6.22. The van der Waals surface area contributed by atoms with E-state index in [0.29, 0.717) is 0 Å². The van der Waals surface area contributed by atoms with Crippen molar-refractivity contribution in [1.82, 2.24) is 14.5 Å². The fraction of sp³-hybridized carbons (Fsp3) is 0.385. The molecular formula is C13H19N5. The normalized spacial score (nSPS) is 10.3. The molecule has 2 rings (SSSR count). The van der Waals surface area contributed by atoms with Crippen LogP contribution >= 0.6 is 0 Å². The van der Waals surface area contributed by atoms with E-state index in [1.54, 1.807) is 6.20 Å². The highest BCUT2D eigenvalue weighted by Gasteiger charge is 1.95. The standard InChI is InChI=1S/C13H19N5/c1-14-13-10-12(4-6-17-13)16-5-2-3-8-18-9-7-15-11-18/h4,6-7,9-11H,2-3,5,8H2,1H3,(H2,14,16,17). The van der Waals surface area contributed by atoms with Crippen molar-refractivity contribution in [3.63, 3.8) is 0 Å². The lowest BCUT2D eigenvalue weighted by molar-refractivity contribution is 0.621. The molecule has 0 aliphatic rings. The molecule has 0 aliphatic heterocycles. The van der Waals surface area contributed by atoms with E-state index in [0.717, 1.165) is 37.4 Å². The second-order valence-corrected chi connectivity index (χ2v) is 4.11. The van der Waals surface area contributed by atoms with E-state index in [1.165, 1.54) is 0 Å². The second-order valence-electron chi connectivity index (χ2n) is 4.11. The van der Waals surface area contributed by atoms with Crippen LogP contribution in [0, 0.1) is 0 Å². The SMILES string of the molecule is CNc1cc(NCCCCn2ccnc2)ccn1. The molecule has 5 nitrogen and oxygen atoms in total. The number of nitrogens with zero attached hydrogens (tertiary/aromatic N) is 3. The van der Waals surface area contributed by atoms with Crippen LogP contribution in [0.25, 0.3) is 0 Å². The van der Waals surface area contributed by atoms with E-state index in [9.17, 15) is 0 Å². The zero-order valence-electron chi connectivity index (χ0n) is 10.6. The Morgan fingerprint density at radius 2 is 2.22 bits per heavy atom. The van der Waals surface area contributed by atoms with Crippen molar-refractivity contribution < 1.29 is 0 Å². The first kappa shape index (κ1) is 12.4. The lowest BCUT2D eigenvalue weighted by atomic mass is 10.3. The third kappa shape index (κ3) is 3.76. The summed E-state index contributed by atoms with van der Waals surface area (Å²) in [6.45, 7) is 2.00. The minimum Gasteiger partial charge on any atom is -0.385 e. The molecule has 96 valence electrons. The van der Waals surface area contributed by atoms with Crippen LogP contribution < -0.4 is 10.6 Å². The van der Waals surface area contributed by atoms with Gasteiger partial charge in [0, 0.05) is 50.5 Å². The van der Waals surface area contributed by atoms with Crippen molar-refractivity contribution >= 4 is 11.5 Å². The van der Waals surface area contributed by atoms with E-state index in [2.05, 4.69) is 25.2 Å². The van der Waals surface area contributed by atoms with Gasteiger partial charge in [0.05, 0.1) is 6.33 Å². The van der Waals surface area contributed by atoms with E-state index in [-0.39, 0.29) is 0 Å². The van der Waals surface area contributed by atoms with Crippen LogP contribution in [-0.2, 0) is 6.54 Å². The van der Waals surface area contributed by atoms with E-state index in [1.807, 2.05) is 37.9 Å². The molecule has 0 saturated heterocycles. The number of aromatic nitrogens is 3. The highest BCUT2D eigenvalue weighted by atomic mass is 15.0. The third-order valence-electron chi connectivity index (χ3n) is 2.75. The molecule has 2 heterocycles. The van der Waals surface area contributed by atoms with E-state index < -0.39 is 0 Å². The molecule has 2 N–H and O–H groups in total. The summed E-state index contributed by atoms with van der Waals surface area (Å²) in [5.74, 6) is 0.887. The van der Waals surface area contributed by atoms with Gasteiger partial charge in [-0.1, -0.05) is 0 Å². The van der Waals surface area contributed by atoms with Crippen molar-refractivity contribution in [2.45, 2.75) is 19.4 Å². The number of nitrogens with one attached hydrogen (secondary N) is 2. The van der Waals surface area contributed by atoms with Crippen molar-refractivity contribution in [2.24, 2.45) is 0 Å². The molecular weight excluding hydrogens is 226 g/mol. The molecule has 2 aromatic rings. The molecule has 0 aromatic carbocycles. The minimum atomic E-state index is 0.887. The van der Waals surface area contributed by atoms with Crippen molar-refractivity contribution in [2.75, 3.05) is 24.2 Å². The van der Waals surface area contributed by atoms with Crippen LogP contribution in [0.15, 0.2) is 37.1 Å². The zero-order valence-corrected chi connectivity index (χ0v) is 10.6. The summed E-state index contributed by atoms with van der Waals surface area (Å²) in [4.78, 5) is 8.20. The molecule has 0 spiro atoms. The summed E-state index contributed by atoms with van der Waals surface area (Å²) in [7, 11) is 1.87.